The molecule has 2 aromatic heterocycles. The summed E-state index contributed by atoms with van der Waals surface area (Å²) in [5, 5.41) is 17.1. The number of rotatable bonds is 10. The van der Waals surface area contributed by atoms with Crippen LogP contribution in [-0.4, -0.2) is 41.0 Å². The van der Waals surface area contributed by atoms with Crippen molar-refractivity contribution in [3.8, 4) is 5.75 Å². The minimum atomic E-state index is 0.421. The molecule has 160 valence electrons. The molecule has 0 unspecified atom stereocenters. The second-order valence-electron chi connectivity index (χ2n) is 6.67. The van der Waals surface area contributed by atoms with Crippen molar-refractivity contribution in [1.29, 1.82) is 0 Å². The van der Waals surface area contributed by atoms with Gasteiger partial charge in [0, 0.05) is 43.8 Å². The van der Waals surface area contributed by atoms with Gasteiger partial charge in [0.1, 0.15) is 18.1 Å². The van der Waals surface area contributed by atoms with Crippen LogP contribution in [0.25, 0.3) is 0 Å². The molecule has 3 aromatic rings. The third-order valence-corrected chi connectivity index (χ3v) is 5.31. The van der Waals surface area contributed by atoms with Gasteiger partial charge in [-0.25, -0.2) is 4.99 Å². The quantitative estimate of drug-likeness (QED) is 0.293. The number of nitrogens with one attached hydrogen (secondary N) is 2. The van der Waals surface area contributed by atoms with E-state index in [1.807, 2.05) is 48.9 Å². The fourth-order valence-corrected chi connectivity index (χ4v) is 3.30. The van der Waals surface area contributed by atoms with E-state index in [1.54, 1.807) is 18.4 Å². The Kier molecular flexibility index (Phi) is 8.22. The second-order valence-corrected chi connectivity index (χ2v) is 7.70. The molecule has 30 heavy (non-hydrogen) atoms. The lowest BCUT2D eigenvalue weighted by Gasteiger charge is -2.13. The molecule has 2 N–H and O–H groups in total. The first-order valence-electron chi connectivity index (χ1n) is 9.80. The molecule has 0 bridgehead atoms. The largest absolute Gasteiger partial charge is 0.493 e. The third kappa shape index (κ3) is 6.57. The average molecular weight is 429 g/mol. The highest BCUT2D eigenvalue weighted by atomic mass is 32.1. The zero-order valence-corrected chi connectivity index (χ0v) is 18.4. The first-order valence-corrected chi connectivity index (χ1v) is 10.7. The Labute approximate surface area is 181 Å². The molecule has 0 fully saturated rings. The summed E-state index contributed by atoms with van der Waals surface area (Å²) in [6.07, 6.45) is 0.848. The van der Waals surface area contributed by atoms with Gasteiger partial charge in [-0.3, -0.25) is 0 Å². The SMILES string of the molecule is COCCCOc1cccc(NC(=NCc2nnc(C)n2C)NCc2cccs2)c1. The number of aromatic nitrogens is 3. The molecule has 3 rings (SSSR count). The molecule has 0 atom stereocenters. The molecule has 1 aromatic carbocycles. The minimum absolute atomic E-state index is 0.421. The van der Waals surface area contributed by atoms with Crippen molar-refractivity contribution < 1.29 is 9.47 Å². The molecular weight excluding hydrogens is 400 g/mol. The van der Waals surface area contributed by atoms with E-state index < -0.39 is 0 Å². The average Bonchev–Trinajstić information content (AvgIpc) is 3.38. The van der Waals surface area contributed by atoms with E-state index in [0.717, 1.165) is 29.5 Å². The van der Waals surface area contributed by atoms with Crippen LogP contribution in [0.4, 0.5) is 5.69 Å². The second kappa shape index (κ2) is 11.3. The molecule has 0 radical (unpaired) electrons. The monoisotopic (exact) mass is 428 g/mol. The number of hydrogen-bond donors (Lipinski definition) is 2. The van der Waals surface area contributed by atoms with Gasteiger partial charge in [0.15, 0.2) is 11.8 Å². The number of benzene rings is 1. The Bertz CT molecular complexity index is 939. The number of anilines is 1. The van der Waals surface area contributed by atoms with Crippen LogP contribution in [0, 0.1) is 6.92 Å². The van der Waals surface area contributed by atoms with Gasteiger partial charge < -0.3 is 24.7 Å². The highest BCUT2D eigenvalue weighted by Crippen LogP contribution is 2.18. The van der Waals surface area contributed by atoms with Crippen LogP contribution in [0.1, 0.15) is 22.9 Å². The van der Waals surface area contributed by atoms with E-state index >= 15 is 0 Å². The molecule has 8 nitrogen and oxygen atoms in total. The van der Waals surface area contributed by atoms with E-state index in [4.69, 9.17) is 14.5 Å². The Hall–Kier alpha value is -2.91. The van der Waals surface area contributed by atoms with Crippen LogP contribution in [0.2, 0.25) is 0 Å². The molecule has 0 saturated carbocycles. The third-order valence-electron chi connectivity index (χ3n) is 4.43. The van der Waals surface area contributed by atoms with Gasteiger partial charge in [-0.15, -0.1) is 21.5 Å². The predicted octanol–water partition coefficient (Wildman–Crippen LogP) is 3.36. The lowest BCUT2D eigenvalue weighted by Crippen LogP contribution is -2.30. The summed E-state index contributed by atoms with van der Waals surface area (Å²) in [7, 11) is 3.63. The summed E-state index contributed by atoms with van der Waals surface area (Å²) in [5.41, 5.74) is 0.894. The first kappa shape index (κ1) is 21.8. The Balaban J connectivity index is 1.68. The number of hydrogen-bond acceptors (Lipinski definition) is 6. The zero-order chi connectivity index (χ0) is 21.2. The molecule has 0 amide bonds. The highest BCUT2D eigenvalue weighted by Gasteiger charge is 2.07. The zero-order valence-electron chi connectivity index (χ0n) is 17.6. The Morgan fingerprint density at radius 2 is 2.10 bits per heavy atom. The minimum Gasteiger partial charge on any atom is -0.493 e. The van der Waals surface area contributed by atoms with Crippen LogP contribution in [-0.2, 0) is 24.9 Å². The number of methoxy groups -OCH3 is 1. The molecule has 0 spiro atoms. The fraction of sp³-hybridized carbons (Fsp3) is 0.381. The van der Waals surface area contributed by atoms with Crippen molar-refractivity contribution in [2.75, 3.05) is 25.6 Å². The molecule has 0 aliphatic heterocycles. The smallest absolute Gasteiger partial charge is 0.196 e. The standard InChI is InChI=1S/C21H28N6O2S/c1-16-25-26-20(27(16)2)15-23-21(22-14-19-9-5-12-30-19)24-17-7-4-8-18(13-17)29-11-6-10-28-3/h4-5,7-9,12-13H,6,10-11,14-15H2,1-3H3,(H2,22,23,24). The summed E-state index contributed by atoms with van der Waals surface area (Å²) in [6, 6.07) is 12.0. The highest BCUT2D eigenvalue weighted by molar-refractivity contribution is 7.09. The van der Waals surface area contributed by atoms with Crippen LogP contribution >= 0.6 is 11.3 Å². The van der Waals surface area contributed by atoms with Crippen molar-refractivity contribution in [2.24, 2.45) is 12.0 Å². The van der Waals surface area contributed by atoms with Crippen LogP contribution in [0.15, 0.2) is 46.8 Å². The summed E-state index contributed by atoms with van der Waals surface area (Å²) in [5.74, 6) is 3.14. The summed E-state index contributed by atoms with van der Waals surface area (Å²) in [4.78, 5) is 5.93. The molecule has 9 heteroatoms. The van der Waals surface area contributed by atoms with Crippen molar-refractivity contribution >= 4 is 23.0 Å². The van der Waals surface area contributed by atoms with Gasteiger partial charge in [0.2, 0.25) is 0 Å². The molecular formula is C21H28N6O2S. The summed E-state index contributed by atoms with van der Waals surface area (Å²) >= 11 is 1.70. The van der Waals surface area contributed by atoms with E-state index in [0.29, 0.717) is 32.3 Å². The number of ether oxygens (including phenoxy) is 2. The molecule has 0 saturated heterocycles. The molecule has 0 aliphatic rings. The number of nitrogens with zero attached hydrogens (tertiary/aromatic N) is 4. The Morgan fingerprint density at radius 3 is 2.83 bits per heavy atom. The van der Waals surface area contributed by atoms with Crippen LogP contribution in [0.3, 0.4) is 0 Å². The number of thiophene rings is 1. The number of guanidine groups is 1. The first-order chi connectivity index (χ1) is 14.7. The van der Waals surface area contributed by atoms with Crippen molar-refractivity contribution in [2.45, 2.75) is 26.4 Å². The Morgan fingerprint density at radius 1 is 1.20 bits per heavy atom. The maximum atomic E-state index is 5.80. The normalized spacial score (nSPS) is 11.5. The summed E-state index contributed by atoms with van der Waals surface area (Å²) < 4.78 is 12.8. The van der Waals surface area contributed by atoms with Crippen molar-refractivity contribution in [1.82, 2.24) is 20.1 Å². The predicted molar refractivity (Wildman–Crippen MR) is 120 cm³/mol. The van der Waals surface area contributed by atoms with Gasteiger partial charge in [-0.1, -0.05) is 12.1 Å². The van der Waals surface area contributed by atoms with Crippen LogP contribution < -0.4 is 15.4 Å². The van der Waals surface area contributed by atoms with Crippen molar-refractivity contribution in [3.63, 3.8) is 0 Å². The number of aliphatic imine (C=N–C) groups is 1. The lowest BCUT2D eigenvalue weighted by molar-refractivity contribution is 0.172. The molecule has 2 heterocycles. The van der Waals surface area contributed by atoms with E-state index in [9.17, 15) is 0 Å². The van der Waals surface area contributed by atoms with Gasteiger partial charge in [0.25, 0.3) is 0 Å². The maximum absolute atomic E-state index is 5.80. The van der Waals surface area contributed by atoms with Gasteiger partial charge >= 0.3 is 0 Å². The fourth-order valence-electron chi connectivity index (χ4n) is 2.66. The van der Waals surface area contributed by atoms with E-state index in [1.165, 1.54) is 4.88 Å². The van der Waals surface area contributed by atoms with E-state index in [-0.39, 0.29) is 0 Å². The summed E-state index contributed by atoms with van der Waals surface area (Å²) in [6.45, 7) is 4.33. The van der Waals surface area contributed by atoms with Crippen molar-refractivity contribution in [3.05, 3.63) is 58.3 Å². The van der Waals surface area contributed by atoms with E-state index in [2.05, 4.69) is 32.3 Å². The van der Waals surface area contributed by atoms with Gasteiger partial charge in [-0.2, -0.15) is 0 Å². The number of aryl methyl sites for hydroxylation is 1. The molecule has 0 aliphatic carbocycles. The van der Waals surface area contributed by atoms with Gasteiger partial charge in [-0.05, 0) is 30.5 Å². The topological polar surface area (TPSA) is 85.6 Å². The van der Waals surface area contributed by atoms with Crippen LogP contribution in [0.5, 0.6) is 5.75 Å². The van der Waals surface area contributed by atoms with Gasteiger partial charge in [0.05, 0.1) is 13.2 Å². The lowest BCUT2D eigenvalue weighted by atomic mass is 10.3. The maximum Gasteiger partial charge on any atom is 0.196 e.